The molecule has 1 rings (SSSR count). The quantitative estimate of drug-likeness (QED) is 0.851. The van der Waals surface area contributed by atoms with Gasteiger partial charge in [-0.15, -0.1) is 0 Å². The molecule has 0 heterocycles. The van der Waals surface area contributed by atoms with Gasteiger partial charge in [-0.2, -0.15) is 0 Å². The van der Waals surface area contributed by atoms with Gasteiger partial charge in [-0.3, -0.25) is 4.79 Å². The maximum atomic E-state index is 11.0. The summed E-state index contributed by atoms with van der Waals surface area (Å²) in [6, 6.07) is 4.90. The van der Waals surface area contributed by atoms with Gasteiger partial charge in [0.05, 0.1) is 11.8 Å². The summed E-state index contributed by atoms with van der Waals surface area (Å²) >= 11 is 5.81. The zero-order valence-corrected chi connectivity index (χ0v) is 9.91. The van der Waals surface area contributed by atoms with Crippen molar-refractivity contribution in [2.24, 2.45) is 0 Å². The van der Waals surface area contributed by atoms with E-state index in [0.717, 1.165) is 0 Å². The molecule has 2 N–H and O–H groups in total. The number of nitrogens with one attached hydrogen (secondary N) is 1. The summed E-state index contributed by atoms with van der Waals surface area (Å²) in [6.07, 6.45) is -0.569. The van der Waals surface area contributed by atoms with E-state index in [2.05, 4.69) is 5.32 Å². The number of ether oxygens (including phenoxy) is 1. The fraction of sp³-hybridized carbons (Fsp3) is 0.364. The lowest BCUT2D eigenvalue weighted by atomic mass is 10.3. The van der Waals surface area contributed by atoms with E-state index in [1.807, 2.05) is 0 Å². The van der Waals surface area contributed by atoms with Crippen LogP contribution in [0.15, 0.2) is 18.2 Å². The molecule has 0 aromatic heterocycles. The fourth-order valence-electron chi connectivity index (χ4n) is 1.13. The van der Waals surface area contributed by atoms with Gasteiger partial charge < -0.3 is 15.2 Å². The van der Waals surface area contributed by atoms with E-state index in [-0.39, 0.29) is 12.5 Å². The molecule has 0 aliphatic heterocycles. The number of amides is 1. The molecule has 0 spiro atoms. The van der Waals surface area contributed by atoms with Crippen LogP contribution in [0.4, 0.5) is 5.69 Å². The Kier molecular flexibility index (Phi) is 4.58. The summed E-state index contributed by atoms with van der Waals surface area (Å²) in [5, 5.41) is 12.2. The summed E-state index contributed by atoms with van der Waals surface area (Å²) in [4.78, 5) is 11.0. The highest BCUT2D eigenvalue weighted by Gasteiger charge is 2.07. The monoisotopic (exact) mass is 243 g/mol. The molecule has 0 radical (unpaired) electrons. The molecule has 0 aliphatic carbocycles. The molecule has 4 nitrogen and oxygen atoms in total. The Morgan fingerprint density at radius 2 is 2.31 bits per heavy atom. The second-order valence-electron chi connectivity index (χ2n) is 3.48. The first-order valence-electron chi connectivity index (χ1n) is 4.87. The second kappa shape index (κ2) is 5.72. The number of anilines is 1. The third-order valence-electron chi connectivity index (χ3n) is 1.73. The number of carbonyl (C=O) groups excluding carboxylic acids is 1. The van der Waals surface area contributed by atoms with Crippen LogP contribution in [-0.2, 0) is 4.79 Å². The predicted molar refractivity (Wildman–Crippen MR) is 62.9 cm³/mol. The minimum Gasteiger partial charge on any atom is -0.489 e. The Morgan fingerprint density at radius 1 is 1.62 bits per heavy atom. The average Bonchev–Trinajstić information content (AvgIpc) is 2.15. The minimum absolute atomic E-state index is 0.161. The van der Waals surface area contributed by atoms with Gasteiger partial charge in [0.25, 0.3) is 0 Å². The molecule has 0 bridgehead atoms. The molecular formula is C11H14ClNO3. The van der Waals surface area contributed by atoms with E-state index in [9.17, 15) is 4.79 Å². The van der Waals surface area contributed by atoms with Gasteiger partial charge in [0, 0.05) is 11.9 Å². The molecule has 1 amide bonds. The second-order valence-corrected chi connectivity index (χ2v) is 3.92. The number of rotatable bonds is 4. The molecule has 0 aliphatic rings. The Morgan fingerprint density at radius 3 is 2.88 bits per heavy atom. The largest absolute Gasteiger partial charge is 0.489 e. The van der Waals surface area contributed by atoms with Crippen molar-refractivity contribution in [3.8, 4) is 5.75 Å². The van der Waals surface area contributed by atoms with Crippen molar-refractivity contribution in [2.75, 3.05) is 11.9 Å². The standard InChI is InChI=1S/C11H14ClNO3/c1-7(14)6-16-11-4-3-9(12)5-10(11)13-8(2)15/h3-5,7,14H,6H2,1-2H3,(H,13,15)/t7-/m0/s1. The zero-order chi connectivity index (χ0) is 12.1. The number of halogens is 1. The molecule has 1 atom stereocenters. The highest BCUT2D eigenvalue weighted by Crippen LogP contribution is 2.28. The van der Waals surface area contributed by atoms with E-state index < -0.39 is 6.10 Å². The molecule has 0 unspecified atom stereocenters. The maximum Gasteiger partial charge on any atom is 0.221 e. The Balaban J connectivity index is 2.84. The number of aliphatic hydroxyl groups is 1. The third kappa shape index (κ3) is 4.08. The van der Waals surface area contributed by atoms with Crippen LogP contribution in [0.25, 0.3) is 0 Å². The summed E-state index contributed by atoms with van der Waals surface area (Å²) in [5.41, 5.74) is 0.501. The van der Waals surface area contributed by atoms with Gasteiger partial charge in [-0.1, -0.05) is 11.6 Å². The summed E-state index contributed by atoms with van der Waals surface area (Å²) in [7, 11) is 0. The molecule has 1 aromatic carbocycles. The molecular weight excluding hydrogens is 230 g/mol. The van der Waals surface area contributed by atoms with E-state index in [4.69, 9.17) is 21.4 Å². The van der Waals surface area contributed by atoms with E-state index in [0.29, 0.717) is 16.5 Å². The van der Waals surface area contributed by atoms with Crippen molar-refractivity contribution in [1.29, 1.82) is 0 Å². The molecule has 0 saturated heterocycles. The van der Waals surface area contributed by atoms with Gasteiger partial charge in [-0.25, -0.2) is 0 Å². The van der Waals surface area contributed by atoms with Crippen molar-refractivity contribution in [3.05, 3.63) is 23.2 Å². The molecule has 1 aromatic rings. The number of aliphatic hydroxyl groups excluding tert-OH is 1. The molecule has 5 heteroatoms. The Bertz CT molecular complexity index is 379. The van der Waals surface area contributed by atoms with E-state index in [1.165, 1.54) is 6.92 Å². The van der Waals surface area contributed by atoms with Gasteiger partial charge in [0.2, 0.25) is 5.91 Å². The maximum absolute atomic E-state index is 11.0. The van der Waals surface area contributed by atoms with Crippen LogP contribution in [0.2, 0.25) is 5.02 Å². The van der Waals surface area contributed by atoms with Crippen molar-refractivity contribution < 1.29 is 14.6 Å². The first-order valence-corrected chi connectivity index (χ1v) is 5.25. The van der Waals surface area contributed by atoms with Crippen LogP contribution in [0.1, 0.15) is 13.8 Å². The predicted octanol–water partition coefficient (Wildman–Crippen LogP) is 2.06. The highest BCUT2D eigenvalue weighted by molar-refractivity contribution is 6.31. The van der Waals surface area contributed by atoms with Crippen LogP contribution >= 0.6 is 11.6 Å². The van der Waals surface area contributed by atoms with Crippen LogP contribution in [0.3, 0.4) is 0 Å². The Labute approximate surface area is 99.2 Å². The minimum atomic E-state index is -0.569. The lowest BCUT2D eigenvalue weighted by molar-refractivity contribution is -0.114. The van der Waals surface area contributed by atoms with Gasteiger partial charge in [-0.05, 0) is 25.1 Å². The van der Waals surface area contributed by atoms with Crippen molar-refractivity contribution >= 4 is 23.2 Å². The molecule has 16 heavy (non-hydrogen) atoms. The summed E-state index contributed by atoms with van der Waals surface area (Å²) < 4.78 is 5.33. The normalized spacial score (nSPS) is 12.0. The Hall–Kier alpha value is -1.26. The highest BCUT2D eigenvalue weighted by atomic mass is 35.5. The van der Waals surface area contributed by atoms with Gasteiger partial charge in [0.1, 0.15) is 12.4 Å². The zero-order valence-electron chi connectivity index (χ0n) is 9.16. The summed E-state index contributed by atoms with van der Waals surface area (Å²) in [5.74, 6) is 0.282. The van der Waals surface area contributed by atoms with Crippen molar-refractivity contribution in [2.45, 2.75) is 20.0 Å². The SMILES string of the molecule is CC(=O)Nc1cc(Cl)ccc1OC[C@H](C)O. The first kappa shape index (κ1) is 12.8. The number of hydrogen-bond acceptors (Lipinski definition) is 3. The first-order chi connectivity index (χ1) is 7.49. The number of carbonyl (C=O) groups is 1. The lowest BCUT2D eigenvalue weighted by Crippen LogP contribution is -2.14. The lowest BCUT2D eigenvalue weighted by Gasteiger charge is -2.13. The van der Waals surface area contributed by atoms with E-state index >= 15 is 0 Å². The topological polar surface area (TPSA) is 58.6 Å². The average molecular weight is 244 g/mol. The number of hydrogen-bond donors (Lipinski definition) is 2. The van der Waals surface area contributed by atoms with Crippen LogP contribution < -0.4 is 10.1 Å². The van der Waals surface area contributed by atoms with Gasteiger partial charge in [0.15, 0.2) is 0 Å². The molecule has 0 fully saturated rings. The molecule has 0 saturated carbocycles. The van der Waals surface area contributed by atoms with Crippen LogP contribution in [0.5, 0.6) is 5.75 Å². The van der Waals surface area contributed by atoms with Crippen molar-refractivity contribution in [3.63, 3.8) is 0 Å². The van der Waals surface area contributed by atoms with Crippen LogP contribution in [-0.4, -0.2) is 23.7 Å². The van der Waals surface area contributed by atoms with Gasteiger partial charge >= 0.3 is 0 Å². The summed E-state index contributed by atoms with van der Waals surface area (Å²) in [6.45, 7) is 3.18. The fourth-order valence-corrected chi connectivity index (χ4v) is 1.30. The number of benzene rings is 1. The molecule has 88 valence electrons. The smallest absolute Gasteiger partial charge is 0.221 e. The third-order valence-corrected chi connectivity index (χ3v) is 1.97. The van der Waals surface area contributed by atoms with Crippen molar-refractivity contribution in [1.82, 2.24) is 0 Å². The van der Waals surface area contributed by atoms with Crippen LogP contribution in [0, 0.1) is 0 Å². The van der Waals surface area contributed by atoms with E-state index in [1.54, 1.807) is 25.1 Å².